The molecule has 0 saturated heterocycles. The van der Waals surface area contributed by atoms with Gasteiger partial charge in [-0.1, -0.05) is 12.1 Å². The number of hydrogen-bond acceptors (Lipinski definition) is 1. The van der Waals surface area contributed by atoms with Crippen LogP contribution in [-0.2, 0) is 0 Å². The maximum absolute atomic E-state index is 10.4. The van der Waals surface area contributed by atoms with Crippen molar-refractivity contribution in [3.63, 3.8) is 0 Å². The Morgan fingerprint density at radius 2 is 2.00 bits per heavy atom. The summed E-state index contributed by atoms with van der Waals surface area (Å²) >= 11 is 0. The molecule has 0 aliphatic carbocycles. The van der Waals surface area contributed by atoms with Gasteiger partial charge in [0.25, 0.3) is 0 Å². The highest BCUT2D eigenvalue weighted by atomic mass is 16.1. The Bertz CT molecular complexity index is 205. The van der Waals surface area contributed by atoms with E-state index in [0.717, 1.165) is 0 Å². The molecule has 0 aliphatic heterocycles. The summed E-state index contributed by atoms with van der Waals surface area (Å²) in [4.78, 5) is 10.4. The van der Waals surface area contributed by atoms with E-state index in [1.807, 2.05) is 0 Å². The molecule has 1 aromatic carbocycles. The second kappa shape index (κ2) is 2.31. The molecular formula is C7H6NO. The zero-order valence-corrected chi connectivity index (χ0v) is 4.79. The van der Waals surface area contributed by atoms with Gasteiger partial charge >= 0.3 is 0 Å². The normalized spacial score (nSPS) is 8.89. The summed E-state index contributed by atoms with van der Waals surface area (Å²) < 4.78 is 0. The molecule has 0 heterocycles. The number of carbonyl (C=O) groups is 1. The van der Waals surface area contributed by atoms with Crippen LogP contribution in [0.1, 0.15) is 10.4 Å². The van der Waals surface area contributed by atoms with E-state index in [4.69, 9.17) is 5.73 Å². The maximum atomic E-state index is 10.4. The fourth-order valence-corrected chi connectivity index (χ4v) is 0.551. The first-order chi connectivity index (χ1) is 4.30. The van der Waals surface area contributed by atoms with E-state index >= 15 is 0 Å². The molecule has 1 amide bonds. The SMILES string of the molecule is NC(=O)c1cc[c]cc1. The minimum absolute atomic E-state index is 0.399. The van der Waals surface area contributed by atoms with Crippen LogP contribution in [0.2, 0.25) is 0 Å². The predicted molar refractivity (Wildman–Crippen MR) is 33.8 cm³/mol. The minimum Gasteiger partial charge on any atom is -0.366 e. The van der Waals surface area contributed by atoms with Crippen molar-refractivity contribution >= 4 is 5.91 Å². The molecule has 1 rings (SSSR count). The second-order valence-corrected chi connectivity index (χ2v) is 1.65. The van der Waals surface area contributed by atoms with Crippen LogP contribution in [0.5, 0.6) is 0 Å². The third-order valence-corrected chi connectivity index (χ3v) is 1.00. The van der Waals surface area contributed by atoms with Crippen molar-refractivity contribution in [2.45, 2.75) is 0 Å². The van der Waals surface area contributed by atoms with E-state index in [9.17, 15) is 4.79 Å². The summed E-state index contributed by atoms with van der Waals surface area (Å²) in [7, 11) is 0. The third kappa shape index (κ3) is 1.29. The first kappa shape index (κ1) is 5.82. The highest BCUT2D eigenvalue weighted by molar-refractivity contribution is 5.92. The Hall–Kier alpha value is -1.31. The third-order valence-electron chi connectivity index (χ3n) is 1.00. The van der Waals surface area contributed by atoms with E-state index < -0.39 is 5.91 Å². The summed E-state index contributed by atoms with van der Waals surface area (Å²) in [5, 5.41) is 0. The molecule has 0 unspecified atom stereocenters. The van der Waals surface area contributed by atoms with Crippen molar-refractivity contribution in [1.29, 1.82) is 0 Å². The van der Waals surface area contributed by atoms with Crippen molar-refractivity contribution in [2.24, 2.45) is 5.73 Å². The van der Waals surface area contributed by atoms with E-state index in [2.05, 4.69) is 6.07 Å². The van der Waals surface area contributed by atoms with E-state index in [1.165, 1.54) is 0 Å². The zero-order valence-electron chi connectivity index (χ0n) is 4.79. The van der Waals surface area contributed by atoms with Gasteiger partial charge in [0.2, 0.25) is 5.91 Å². The Kier molecular flexibility index (Phi) is 1.49. The number of carbonyl (C=O) groups excluding carboxylic acids is 1. The molecule has 0 spiro atoms. The summed E-state index contributed by atoms with van der Waals surface area (Å²) in [6, 6.07) is 9.34. The number of hydrogen-bond donors (Lipinski definition) is 1. The molecule has 45 valence electrons. The smallest absolute Gasteiger partial charge is 0.248 e. The van der Waals surface area contributed by atoms with Crippen LogP contribution in [0.3, 0.4) is 0 Å². The number of rotatable bonds is 1. The molecule has 1 radical (unpaired) electrons. The van der Waals surface area contributed by atoms with E-state index in [0.29, 0.717) is 5.56 Å². The zero-order chi connectivity index (χ0) is 6.69. The fraction of sp³-hybridized carbons (Fsp3) is 0. The number of primary amides is 1. The molecule has 2 N–H and O–H groups in total. The van der Waals surface area contributed by atoms with Crippen molar-refractivity contribution in [1.82, 2.24) is 0 Å². The molecule has 9 heavy (non-hydrogen) atoms. The van der Waals surface area contributed by atoms with Gasteiger partial charge in [-0.05, 0) is 18.2 Å². The molecule has 2 heteroatoms. The summed E-state index contributed by atoms with van der Waals surface area (Å²) in [5.74, 6) is -0.399. The van der Waals surface area contributed by atoms with Gasteiger partial charge < -0.3 is 5.73 Å². The lowest BCUT2D eigenvalue weighted by Crippen LogP contribution is -2.09. The molecular weight excluding hydrogens is 114 g/mol. The van der Waals surface area contributed by atoms with Crippen LogP contribution < -0.4 is 5.73 Å². The molecule has 0 bridgehead atoms. The first-order valence-electron chi connectivity index (χ1n) is 2.56. The van der Waals surface area contributed by atoms with Gasteiger partial charge in [0.1, 0.15) is 0 Å². The Balaban J connectivity index is 2.98. The molecule has 0 saturated carbocycles. The highest BCUT2D eigenvalue weighted by Gasteiger charge is 1.93. The lowest BCUT2D eigenvalue weighted by Gasteiger charge is -1.89. The van der Waals surface area contributed by atoms with Gasteiger partial charge in [-0.15, -0.1) is 0 Å². The van der Waals surface area contributed by atoms with E-state index in [1.54, 1.807) is 24.3 Å². The molecule has 0 fully saturated rings. The van der Waals surface area contributed by atoms with Crippen LogP contribution in [0, 0.1) is 6.07 Å². The van der Waals surface area contributed by atoms with Crippen molar-refractivity contribution in [2.75, 3.05) is 0 Å². The average Bonchev–Trinajstić information content (AvgIpc) is 1.90. The Labute approximate surface area is 53.3 Å². The summed E-state index contributed by atoms with van der Waals surface area (Å²) in [6.07, 6.45) is 0. The number of benzene rings is 1. The van der Waals surface area contributed by atoms with Gasteiger partial charge in [-0.25, -0.2) is 0 Å². The average molecular weight is 120 g/mol. The highest BCUT2D eigenvalue weighted by Crippen LogP contribution is 1.94. The van der Waals surface area contributed by atoms with Gasteiger partial charge in [0.05, 0.1) is 0 Å². The van der Waals surface area contributed by atoms with Crippen LogP contribution in [0.4, 0.5) is 0 Å². The molecule has 0 aliphatic rings. The molecule has 0 aromatic heterocycles. The lowest BCUT2D eigenvalue weighted by atomic mass is 10.2. The van der Waals surface area contributed by atoms with Gasteiger partial charge in [-0.2, -0.15) is 0 Å². The minimum atomic E-state index is -0.399. The predicted octanol–water partition coefficient (Wildman–Crippen LogP) is 0.586. The maximum Gasteiger partial charge on any atom is 0.248 e. The second-order valence-electron chi connectivity index (χ2n) is 1.65. The van der Waals surface area contributed by atoms with Gasteiger partial charge in [-0.3, -0.25) is 4.79 Å². The topological polar surface area (TPSA) is 43.1 Å². The van der Waals surface area contributed by atoms with Crippen LogP contribution in [0.25, 0.3) is 0 Å². The van der Waals surface area contributed by atoms with Crippen molar-refractivity contribution in [3.8, 4) is 0 Å². The standard InChI is InChI=1S/C7H6NO/c8-7(9)6-4-2-1-3-5-6/h2-5H,(H2,8,9). The number of amides is 1. The summed E-state index contributed by atoms with van der Waals surface area (Å²) in [5.41, 5.74) is 5.48. The van der Waals surface area contributed by atoms with Crippen molar-refractivity contribution < 1.29 is 4.79 Å². The van der Waals surface area contributed by atoms with Gasteiger partial charge in [0.15, 0.2) is 0 Å². The first-order valence-corrected chi connectivity index (χ1v) is 2.56. The van der Waals surface area contributed by atoms with Gasteiger partial charge in [0, 0.05) is 5.56 Å². The Morgan fingerprint density at radius 1 is 1.44 bits per heavy atom. The Morgan fingerprint density at radius 3 is 2.33 bits per heavy atom. The van der Waals surface area contributed by atoms with Crippen molar-refractivity contribution in [3.05, 3.63) is 35.9 Å². The van der Waals surface area contributed by atoms with Crippen LogP contribution in [0.15, 0.2) is 24.3 Å². The molecule has 1 aromatic rings. The lowest BCUT2D eigenvalue weighted by molar-refractivity contribution is 0.100. The van der Waals surface area contributed by atoms with Crippen LogP contribution in [-0.4, -0.2) is 5.91 Å². The molecule has 2 nitrogen and oxygen atoms in total. The molecule has 0 atom stereocenters. The largest absolute Gasteiger partial charge is 0.366 e. The van der Waals surface area contributed by atoms with E-state index in [-0.39, 0.29) is 0 Å². The quantitative estimate of drug-likeness (QED) is 0.579. The monoisotopic (exact) mass is 120 g/mol. The fourth-order valence-electron chi connectivity index (χ4n) is 0.551. The number of nitrogens with two attached hydrogens (primary N) is 1. The summed E-state index contributed by atoms with van der Waals surface area (Å²) in [6.45, 7) is 0. The van der Waals surface area contributed by atoms with Crippen LogP contribution >= 0.6 is 0 Å².